The number of pyridine rings is 1. The number of aromatic nitrogens is 3. The minimum Gasteiger partial charge on any atom is -0.478 e. The molecule has 0 spiro atoms. The summed E-state index contributed by atoms with van der Waals surface area (Å²) in [5, 5.41) is 27.2. The lowest BCUT2D eigenvalue weighted by Gasteiger charge is -2.38. The number of carbonyl (C=O) groups is 2. The lowest BCUT2D eigenvalue weighted by atomic mass is 9.96. The molecule has 0 radical (unpaired) electrons. The molecule has 0 unspecified atom stereocenters. The van der Waals surface area contributed by atoms with Gasteiger partial charge in [0.05, 0.1) is 38.9 Å². The van der Waals surface area contributed by atoms with Crippen LogP contribution in [0.5, 0.6) is 5.88 Å². The van der Waals surface area contributed by atoms with E-state index in [-0.39, 0.29) is 29.3 Å². The molecule has 1 amide bonds. The zero-order chi connectivity index (χ0) is 49.6. The molecule has 366 valence electrons. The Hall–Kier alpha value is -7.61. The van der Waals surface area contributed by atoms with Crippen molar-refractivity contribution in [1.29, 1.82) is 0 Å². The van der Waals surface area contributed by atoms with Crippen LogP contribution in [0.1, 0.15) is 39.3 Å². The number of nitro groups is 1. The van der Waals surface area contributed by atoms with Crippen molar-refractivity contribution in [1.82, 2.24) is 19.3 Å². The van der Waals surface area contributed by atoms with Crippen molar-refractivity contribution in [2.24, 2.45) is 13.0 Å². The Morgan fingerprint density at radius 3 is 2.34 bits per heavy atom. The summed E-state index contributed by atoms with van der Waals surface area (Å²) >= 11 is 6.24. The van der Waals surface area contributed by atoms with Crippen LogP contribution in [-0.4, -0.2) is 104 Å². The molecule has 20 heteroatoms. The molecule has 3 aliphatic rings. The maximum Gasteiger partial charge on any atom is 0.338 e. The van der Waals surface area contributed by atoms with Gasteiger partial charge < -0.3 is 44.1 Å². The van der Waals surface area contributed by atoms with Crippen LogP contribution in [0.2, 0.25) is 5.02 Å². The molecule has 4 aromatic carbocycles. The Kier molecular flexibility index (Phi) is 12.8. The lowest BCUT2D eigenvalue weighted by Crippen LogP contribution is -2.46. The standard InChI is InChI=1S/C51H50ClN9O9S/c1-31-45(51(63)64)46(47(57(31)2)33-6-8-36(52)9-7-33)34-4-3-5-37(26-34)58-18-20-59(21-19-58)38-10-12-40(42(28-38)60-22-25-70-50-44(60)27-35-14-17-53-48(35)55-50)49(62)56-71(67,68)39-11-13-41(43(29-39)61(65)66)54-30-32-15-23-69-24-16-32/h3-14,17,26-29,32,54H,15-16,18-25,30H2,1-2H3,(H,53,55)(H,56,62)(H,63,64). The van der Waals surface area contributed by atoms with Gasteiger partial charge in [-0.05, 0) is 104 Å². The molecule has 7 aromatic rings. The third kappa shape index (κ3) is 9.30. The zero-order valence-electron chi connectivity index (χ0n) is 38.9. The van der Waals surface area contributed by atoms with Crippen LogP contribution in [0, 0.1) is 23.0 Å². The fraction of sp³-hybridized carbons (Fsp3) is 0.275. The number of carboxylic acids is 1. The number of H-pyrrole nitrogens is 1. The number of benzene rings is 4. The molecule has 2 fully saturated rings. The Labute approximate surface area is 414 Å². The highest BCUT2D eigenvalue weighted by Crippen LogP contribution is 2.43. The van der Waals surface area contributed by atoms with Gasteiger partial charge >= 0.3 is 5.97 Å². The number of nitrogens with one attached hydrogen (secondary N) is 3. The van der Waals surface area contributed by atoms with Gasteiger partial charge in [-0.15, -0.1) is 0 Å². The number of carbonyl (C=O) groups excluding carboxylic acids is 1. The molecule has 0 saturated carbocycles. The number of aromatic amines is 1. The smallest absolute Gasteiger partial charge is 0.338 e. The number of carboxylic acid groups (broad SMARTS) is 1. The van der Waals surface area contributed by atoms with Crippen LogP contribution >= 0.6 is 11.6 Å². The number of anilines is 5. The molecule has 3 aromatic heterocycles. The summed E-state index contributed by atoms with van der Waals surface area (Å²) < 4.78 is 43.4. The van der Waals surface area contributed by atoms with Crippen LogP contribution in [-0.2, 0) is 21.8 Å². The number of nitro benzene ring substituents is 1. The summed E-state index contributed by atoms with van der Waals surface area (Å²) in [6, 6.07) is 27.8. The van der Waals surface area contributed by atoms with E-state index < -0.39 is 37.4 Å². The van der Waals surface area contributed by atoms with Crippen molar-refractivity contribution in [3.8, 4) is 28.3 Å². The lowest BCUT2D eigenvalue weighted by molar-refractivity contribution is -0.384. The maximum absolute atomic E-state index is 14.4. The van der Waals surface area contributed by atoms with Gasteiger partial charge in [0.25, 0.3) is 21.6 Å². The maximum atomic E-state index is 14.4. The SMILES string of the molecule is Cc1c(C(=O)O)c(-c2cccc(N3CCN(c4ccc(C(=O)NS(=O)(=O)c5ccc(NCC6CCOCC6)c([N+](=O)[O-])c5)c(N5CCOc6nc7[nH]ccc7cc65)c4)CC3)c2)c(-c2ccc(Cl)cc2)n1C. The zero-order valence-corrected chi connectivity index (χ0v) is 40.4. The van der Waals surface area contributed by atoms with E-state index in [1.54, 1.807) is 37.4 Å². The van der Waals surface area contributed by atoms with E-state index in [1.807, 2.05) is 71.1 Å². The van der Waals surface area contributed by atoms with Crippen molar-refractivity contribution in [3.05, 3.63) is 135 Å². The fourth-order valence-corrected chi connectivity index (χ4v) is 10.9. The number of hydrogen-bond donors (Lipinski definition) is 4. The van der Waals surface area contributed by atoms with Crippen LogP contribution < -0.4 is 29.5 Å². The number of halogens is 1. The molecule has 18 nitrogen and oxygen atoms in total. The topological polar surface area (TPSA) is 217 Å². The van der Waals surface area contributed by atoms with Crippen LogP contribution in [0.3, 0.4) is 0 Å². The van der Waals surface area contributed by atoms with Gasteiger partial charge in [-0.3, -0.25) is 14.9 Å². The van der Waals surface area contributed by atoms with E-state index in [2.05, 4.69) is 29.8 Å². The first-order chi connectivity index (χ1) is 34.2. The van der Waals surface area contributed by atoms with Crippen molar-refractivity contribution in [3.63, 3.8) is 0 Å². The average Bonchev–Trinajstić information content (AvgIpc) is 3.95. The van der Waals surface area contributed by atoms with Crippen molar-refractivity contribution < 1.29 is 37.5 Å². The van der Waals surface area contributed by atoms with E-state index >= 15 is 0 Å². The first kappa shape index (κ1) is 47.1. The number of nitrogens with zero attached hydrogens (tertiary/aromatic N) is 6. The minimum atomic E-state index is -4.61. The normalized spacial score (nSPS) is 15.3. The van der Waals surface area contributed by atoms with Gasteiger partial charge in [-0.2, -0.15) is 4.98 Å². The molecule has 0 atom stereocenters. The highest BCUT2D eigenvalue weighted by Gasteiger charge is 2.32. The van der Waals surface area contributed by atoms with Crippen molar-refractivity contribution in [2.45, 2.75) is 24.7 Å². The number of amides is 1. The highest BCUT2D eigenvalue weighted by atomic mass is 35.5. The van der Waals surface area contributed by atoms with E-state index in [4.69, 9.17) is 21.1 Å². The number of piperazine rings is 1. The molecule has 71 heavy (non-hydrogen) atoms. The monoisotopic (exact) mass is 999 g/mol. The second-order valence-corrected chi connectivity index (χ2v) is 19.9. The first-order valence-corrected chi connectivity index (χ1v) is 25.1. The van der Waals surface area contributed by atoms with E-state index in [0.717, 1.165) is 52.5 Å². The number of rotatable bonds is 13. The number of ether oxygens (including phenoxy) is 2. The summed E-state index contributed by atoms with van der Waals surface area (Å²) in [5.41, 5.74) is 6.98. The summed E-state index contributed by atoms with van der Waals surface area (Å²) in [5.74, 6) is -1.36. The average molecular weight is 1000 g/mol. The van der Waals surface area contributed by atoms with Crippen molar-refractivity contribution in [2.75, 3.05) is 79.1 Å². The Bertz CT molecular complexity index is 3330. The number of aromatic carboxylic acids is 1. The number of sulfonamides is 1. The molecule has 3 aliphatic heterocycles. The second kappa shape index (κ2) is 19.3. The third-order valence-electron chi connectivity index (χ3n) is 13.6. The Morgan fingerprint density at radius 2 is 1.62 bits per heavy atom. The molecular weight excluding hydrogens is 950 g/mol. The highest BCUT2D eigenvalue weighted by molar-refractivity contribution is 7.90. The quantitative estimate of drug-likeness (QED) is 0.0628. The largest absolute Gasteiger partial charge is 0.478 e. The fourth-order valence-electron chi connectivity index (χ4n) is 9.78. The summed E-state index contributed by atoms with van der Waals surface area (Å²) in [6.07, 6.45) is 3.38. The summed E-state index contributed by atoms with van der Waals surface area (Å²) in [4.78, 5) is 52.4. The molecule has 10 rings (SSSR count). The predicted octanol–water partition coefficient (Wildman–Crippen LogP) is 8.62. The number of fused-ring (bicyclic) bond motifs is 2. The molecule has 4 N–H and O–H groups in total. The van der Waals surface area contributed by atoms with Gasteiger partial charge in [0, 0.05) is 98.3 Å². The van der Waals surface area contributed by atoms with Crippen LogP contribution in [0.25, 0.3) is 33.4 Å². The van der Waals surface area contributed by atoms with Gasteiger partial charge in [0.2, 0.25) is 5.88 Å². The summed E-state index contributed by atoms with van der Waals surface area (Å²) in [6.45, 7) is 6.39. The summed E-state index contributed by atoms with van der Waals surface area (Å²) in [7, 11) is -2.75. The Balaban J connectivity index is 0.931. The molecule has 0 bridgehead atoms. The first-order valence-electron chi connectivity index (χ1n) is 23.2. The molecule has 6 heterocycles. The van der Waals surface area contributed by atoms with E-state index in [1.165, 1.54) is 12.1 Å². The van der Waals surface area contributed by atoms with Gasteiger partial charge in [0.1, 0.15) is 23.6 Å². The van der Waals surface area contributed by atoms with Crippen molar-refractivity contribution >= 4 is 78.7 Å². The Morgan fingerprint density at radius 1 is 0.887 bits per heavy atom. The predicted molar refractivity (Wildman–Crippen MR) is 272 cm³/mol. The van der Waals surface area contributed by atoms with Crippen LogP contribution in [0.4, 0.5) is 34.1 Å². The molecule has 0 aliphatic carbocycles. The minimum absolute atomic E-state index is 0.0499. The van der Waals surface area contributed by atoms with Gasteiger partial charge in [-0.1, -0.05) is 35.9 Å². The van der Waals surface area contributed by atoms with Crippen LogP contribution in [0.15, 0.2) is 108 Å². The third-order valence-corrected chi connectivity index (χ3v) is 15.2. The number of hydrogen-bond acceptors (Lipinski definition) is 13. The molecular formula is C51H50ClN9O9S. The van der Waals surface area contributed by atoms with Gasteiger partial charge in [-0.25, -0.2) is 17.9 Å². The second-order valence-electron chi connectivity index (χ2n) is 17.8. The van der Waals surface area contributed by atoms with E-state index in [9.17, 15) is 33.2 Å². The van der Waals surface area contributed by atoms with Gasteiger partial charge in [0.15, 0.2) is 0 Å². The van der Waals surface area contributed by atoms with E-state index in [0.29, 0.717) is 91.7 Å². The molecule has 2 saturated heterocycles.